The van der Waals surface area contributed by atoms with Gasteiger partial charge >= 0.3 is 0 Å². The van der Waals surface area contributed by atoms with Crippen molar-refractivity contribution in [2.24, 2.45) is 18.0 Å². The fourth-order valence-corrected chi connectivity index (χ4v) is 1.71. The lowest BCUT2D eigenvalue weighted by Gasteiger charge is -2.16. The summed E-state index contributed by atoms with van der Waals surface area (Å²) in [6.07, 6.45) is 5.95. The van der Waals surface area contributed by atoms with E-state index in [1.165, 1.54) is 0 Å². The molecule has 0 aliphatic heterocycles. The molecule has 0 saturated carbocycles. The first-order chi connectivity index (χ1) is 8.22. The third-order valence-electron chi connectivity index (χ3n) is 3.03. The minimum atomic E-state index is 0.600. The van der Waals surface area contributed by atoms with E-state index in [0.29, 0.717) is 5.92 Å². The highest BCUT2D eigenvalue weighted by Crippen LogP contribution is 2.19. The molecule has 0 N–H and O–H groups in total. The second-order valence-corrected chi connectivity index (χ2v) is 4.17. The molecule has 1 rings (SSSR count). The molecule has 1 aromatic rings. The molecule has 0 spiro atoms. The van der Waals surface area contributed by atoms with Gasteiger partial charge in [0.2, 0.25) is 0 Å². The molecule has 0 aliphatic carbocycles. The third-order valence-corrected chi connectivity index (χ3v) is 3.03. The zero-order valence-electron chi connectivity index (χ0n) is 11.0. The summed E-state index contributed by atoms with van der Waals surface area (Å²) in [7, 11) is 1.99. The fourth-order valence-electron chi connectivity index (χ4n) is 1.71. The van der Waals surface area contributed by atoms with Crippen LogP contribution < -0.4 is 0 Å². The molecular formula is C14H22N2O. The Morgan fingerprint density at radius 1 is 1.53 bits per heavy atom. The van der Waals surface area contributed by atoms with Crippen LogP contribution in [0.4, 0.5) is 0 Å². The number of hydrogen-bond acceptors (Lipinski definition) is 2. The number of aliphatic imine (C=N–C) groups is 1. The molecule has 0 aromatic carbocycles. The van der Waals surface area contributed by atoms with Crippen LogP contribution >= 0.6 is 0 Å². The van der Waals surface area contributed by atoms with Crippen LogP contribution in [0.3, 0.4) is 0 Å². The molecule has 1 aromatic heterocycles. The highest BCUT2D eigenvalue weighted by Gasteiger charge is 2.09. The normalized spacial score (nSPS) is 11.9. The molecule has 0 unspecified atom stereocenters. The maximum Gasteiger partial charge on any atom is 0.161 e. The minimum Gasteiger partial charge on any atom is -0.489 e. The predicted molar refractivity (Wildman–Crippen MR) is 73.0 cm³/mol. The van der Waals surface area contributed by atoms with Gasteiger partial charge in [0.1, 0.15) is 0 Å². The Hall–Kier alpha value is -1.51. The van der Waals surface area contributed by atoms with Crippen molar-refractivity contribution >= 4 is 12.5 Å². The quantitative estimate of drug-likeness (QED) is 0.524. The van der Waals surface area contributed by atoms with Gasteiger partial charge in [-0.1, -0.05) is 26.7 Å². The number of hydrogen-bond donors (Lipinski definition) is 0. The molecule has 0 fully saturated rings. The first-order valence-electron chi connectivity index (χ1n) is 6.13. The summed E-state index contributed by atoms with van der Waals surface area (Å²) in [6, 6.07) is 4.01. The van der Waals surface area contributed by atoms with Crippen molar-refractivity contribution in [1.82, 2.24) is 4.57 Å². The van der Waals surface area contributed by atoms with Gasteiger partial charge in [-0.2, -0.15) is 0 Å². The fraction of sp³-hybridized carbons (Fsp3) is 0.500. The number of nitrogens with zero attached hydrogens (tertiary/aromatic N) is 2. The Bertz CT molecular complexity index is 375. The summed E-state index contributed by atoms with van der Waals surface area (Å²) in [5.74, 6) is 1.39. The summed E-state index contributed by atoms with van der Waals surface area (Å²) in [5, 5.41) is 0. The molecule has 0 atom stereocenters. The summed E-state index contributed by atoms with van der Waals surface area (Å²) in [4.78, 5) is 3.81. The predicted octanol–water partition coefficient (Wildman–Crippen LogP) is 3.48. The molecule has 0 radical (unpaired) electrons. The van der Waals surface area contributed by atoms with Crippen LogP contribution in [0.1, 0.15) is 32.4 Å². The lowest BCUT2D eigenvalue weighted by molar-refractivity contribution is 0.207. The zero-order valence-corrected chi connectivity index (χ0v) is 11.0. The van der Waals surface area contributed by atoms with Gasteiger partial charge < -0.3 is 9.30 Å². The largest absolute Gasteiger partial charge is 0.489 e. The van der Waals surface area contributed by atoms with Gasteiger partial charge in [0.05, 0.1) is 18.5 Å². The van der Waals surface area contributed by atoms with Crippen LogP contribution in [0, 0.1) is 5.92 Å². The second-order valence-electron chi connectivity index (χ2n) is 4.17. The molecule has 94 valence electrons. The summed E-state index contributed by atoms with van der Waals surface area (Å²) >= 11 is 0. The average Bonchev–Trinajstić information content (AvgIpc) is 2.75. The van der Waals surface area contributed by atoms with Crippen molar-refractivity contribution in [3.05, 3.63) is 30.2 Å². The van der Waals surface area contributed by atoms with E-state index in [0.717, 1.165) is 30.9 Å². The zero-order chi connectivity index (χ0) is 12.7. The van der Waals surface area contributed by atoms with Gasteiger partial charge in [0, 0.05) is 13.2 Å². The number of rotatable bonds is 7. The molecule has 1 heterocycles. The van der Waals surface area contributed by atoms with Crippen LogP contribution in [0.15, 0.2) is 29.5 Å². The lowest BCUT2D eigenvalue weighted by Crippen LogP contribution is -2.08. The van der Waals surface area contributed by atoms with Crippen LogP contribution in [0.25, 0.3) is 5.76 Å². The maximum atomic E-state index is 5.86. The van der Waals surface area contributed by atoms with Gasteiger partial charge in [-0.05, 0) is 24.8 Å². The van der Waals surface area contributed by atoms with Gasteiger partial charge in [-0.3, -0.25) is 4.99 Å². The Morgan fingerprint density at radius 2 is 2.24 bits per heavy atom. The number of aryl methyl sites for hydroxylation is 1. The standard InChI is InChI=1S/C14H22N2O/c1-5-12(6-2)11-17-14(10-15-3)13-8-7-9-16(13)4/h7-10,12H,3,5-6,11H2,1-2,4H3/b14-10-. The molecule has 3 nitrogen and oxygen atoms in total. The Kier molecular flexibility index (Phi) is 5.53. The molecule has 0 bridgehead atoms. The van der Waals surface area contributed by atoms with E-state index in [2.05, 4.69) is 25.6 Å². The van der Waals surface area contributed by atoms with E-state index < -0.39 is 0 Å². The maximum absolute atomic E-state index is 5.86. The van der Waals surface area contributed by atoms with Crippen LogP contribution in [-0.2, 0) is 11.8 Å². The molecule has 0 aliphatic rings. The third kappa shape index (κ3) is 3.77. The van der Waals surface area contributed by atoms with Gasteiger partial charge in [0.25, 0.3) is 0 Å². The van der Waals surface area contributed by atoms with E-state index in [4.69, 9.17) is 4.74 Å². The Morgan fingerprint density at radius 3 is 2.71 bits per heavy atom. The smallest absolute Gasteiger partial charge is 0.161 e. The molecule has 17 heavy (non-hydrogen) atoms. The van der Waals surface area contributed by atoms with E-state index in [-0.39, 0.29) is 0 Å². The topological polar surface area (TPSA) is 26.5 Å². The first kappa shape index (κ1) is 13.6. The van der Waals surface area contributed by atoms with E-state index in [9.17, 15) is 0 Å². The first-order valence-corrected chi connectivity index (χ1v) is 6.13. The minimum absolute atomic E-state index is 0.600. The van der Waals surface area contributed by atoms with Crippen LogP contribution in [0.2, 0.25) is 0 Å². The van der Waals surface area contributed by atoms with Gasteiger partial charge in [-0.15, -0.1) is 0 Å². The van der Waals surface area contributed by atoms with E-state index >= 15 is 0 Å². The van der Waals surface area contributed by atoms with Crippen molar-refractivity contribution in [1.29, 1.82) is 0 Å². The molecule has 0 amide bonds. The van der Waals surface area contributed by atoms with Crippen molar-refractivity contribution in [3.8, 4) is 0 Å². The van der Waals surface area contributed by atoms with Crippen molar-refractivity contribution in [2.75, 3.05) is 6.61 Å². The Labute approximate surface area is 104 Å². The Balaban J connectivity index is 2.72. The number of ether oxygens (including phenoxy) is 1. The van der Waals surface area contributed by atoms with Crippen molar-refractivity contribution < 1.29 is 4.74 Å². The van der Waals surface area contributed by atoms with Crippen molar-refractivity contribution in [2.45, 2.75) is 26.7 Å². The van der Waals surface area contributed by atoms with Crippen LogP contribution in [0.5, 0.6) is 0 Å². The molecule has 0 saturated heterocycles. The summed E-state index contributed by atoms with van der Waals surface area (Å²) in [5.41, 5.74) is 1.03. The summed E-state index contributed by atoms with van der Waals surface area (Å²) < 4.78 is 7.88. The average molecular weight is 234 g/mol. The van der Waals surface area contributed by atoms with Crippen LogP contribution in [-0.4, -0.2) is 17.9 Å². The van der Waals surface area contributed by atoms with Gasteiger partial charge in [0.15, 0.2) is 5.76 Å². The number of aromatic nitrogens is 1. The van der Waals surface area contributed by atoms with Crippen molar-refractivity contribution in [3.63, 3.8) is 0 Å². The highest BCUT2D eigenvalue weighted by atomic mass is 16.5. The van der Waals surface area contributed by atoms with Gasteiger partial charge in [-0.25, -0.2) is 0 Å². The highest BCUT2D eigenvalue weighted by molar-refractivity contribution is 5.57. The summed E-state index contributed by atoms with van der Waals surface area (Å²) in [6.45, 7) is 8.61. The van der Waals surface area contributed by atoms with E-state index in [1.54, 1.807) is 6.20 Å². The SMILES string of the molecule is C=N/C=C(\OCC(CC)CC)c1cccn1C. The second kappa shape index (κ2) is 6.94. The lowest BCUT2D eigenvalue weighted by atomic mass is 10.1. The monoisotopic (exact) mass is 234 g/mol. The molecule has 3 heteroatoms. The van der Waals surface area contributed by atoms with E-state index in [1.807, 2.05) is 29.9 Å². The molecular weight excluding hydrogens is 212 g/mol.